The molecule has 2 fully saturated rings. The summed E-state index contributed by atoms with van der Waals surface area (Å²) in [4.78, 5) is 27.2. The van der Waals surface area contributed by atoms with Crippen LogP contribution in [0.5, 0.6) is 0 Å². The van der Waals surface area contributed by atoms with Crippen LogP contribution in [0.25, 0.3) is 0 Å². The summed E-state index contributed by atoms with van der Waals surface area (Å²) in [5.41, 5.74) is 3.24. The minimum Gasteiger partial charge on any atom is -0.274 e. The number of rotatable bonds is 1. The first-order chi connectivity index (χ1) is 10.5. The van der Waals surface area contributed by atoms with Gasteiger partial charge in [-0.25, -0.2) is 4.90 Å². The molecule has 112 valence electrons. The molecule has 1 heterocycles. The third-order valence-electron chi connectivity index (χ3n) is 5.06. The van der Waals surface area contributed by atoms with E-state index < -0.39 is 0 Å². The van der Waals surface area contributed by atoms with Crippen molar-refractivity contribution in [2.75, 3.05) is 4.90 Å². The van der Waals surface area contributed by atoms with Gasteiger partial charge in [-0.15, -0.1) is 0 Å². The molecule has 2 amide bonds. The van der Waals surface area contributed by atoms with Crippen LogP contribution >= 0.6 is 22.6 Å². The lowest BCUT2D eigenvalue weighted by atomic mass is 9.85. The Balaban J connectivity index is 1.78. The number of nitrogens with zero attached hydrogens (tertiary/aromatic N) is 1. The summed E-state index contributed by atoms with van der Waals surface area (Å²) in [5.74, 6) is -0.246. The molecular weight excluding hydrogens is 389 g/mol. The number of hydrogen-bond donors (Lipinski definition) is 0. The van der Waals surface area contributed by atoms with Crippen molar-refractivity contribution in [3.05, 3.63) is 51.1 Å². The Hall–Kier alpha value is -1.43. The van der Waals surface area contributed by atoms with Crippen LogP contribution in [0.3, 0.4) is 0 Å². The lowest BCUT2D eigenvalue weighted by Gasteiger charge is -2.19. The maximum absolute atomic E-state index is 12.9. The van der Waals surface area contributed by atoms with Crippen LogP contribution in [0.2, 0.25) is 0 Å². The normalized spacial score (nSPS) is 32.1. The van der Waals surface area contributed by atoms with E-state index in [9.17, 15) is 9.59 Å². The van der Waals surface area contributed by atoms with Gasteiger partial charge in [0, 0.05) is 15.4 Å². The summed E-state index contributed by atoms with van der Waals surface area (Å²) in [6.07, 6.45) is 4.25. The quantitative estimate of drug-likeness (QED) is 0.407. The molecule has 1 aliphatic heterocycles. The highest BCUT2D eigenvalue weighted by atomic mass is 127. The van der Waals surface area contributed by atoms with E-state index in [0.29, 0.717) is 5.69 Å². The second-order valence-electron chi connectivity index (χ2n) is 6.44. The second-order valence-corrected chi connectivity index (χ2v) is 7.68. The van der Waals surface area contributed by atoms with Gasteiger partial charge in [-0.3, -0.25) is 9.59 Å². The maximum atomic E-state index is 12.9. The molecule has 0 radical (unpaired) electrons. The first kappa shape index (κ1) is 14.2. The van der Waals surface area contributed by atoms with Crippen LogP contribution in [-0.4, -0.2) is 11.8 Å². The number of fused-ring (bicyclic) bond motifs is 5. The molecule has 2 bridgehead atoms. The Bertz CT molecular complexity index is 726. The predicted molar refractivity (Wildman–Crippen MR) is 93.1 cm³/mol. The fourth-order valence-electron chi connectivity index (χ4n) is 4.30. The third-order valence-corrected chi connectivity index (χ3v) is 5.73. The maximum Gasteiger partial charge on any atom is 0.238 e. The minimum atomic E-state index is -0.203. The zero-order valence-electron chi connectivity index (χ0n) is 12.4. The number of imide groups is 1. The van der Waals surface area contributed by atoms with Crippen molar-refractivity contribution in [3.63, 3.8) is 0 Å². The van der Waals surface area contributed by atoms with Crippen molar-refractivity contribution in [2.45, 2.75) is 13.8 Å². The summed E-state index contributed by atoms with van der Waals surface area (Å²) < 4.78 is 1.03. The van der Waals surface area contributed by atoms with Crippen LogP contribution in [0.1, 0.15) is 13.8 Å². The summed E-state index contributed by atoms with van der Waals surface area (Å²) in [5, 5.41) is 0. The van der Waals surface area contributed by atoms with E-state index in [1.165, 1.54) is 16.0 Å². The van der Waals surface area contributed by atoms with Crippen LogP contribution in [0, 0.1) is 27.2 Å². The van der Waals surface area contributed by atoms with Crippen LogP contribution < -0.4 is 4.90 Å². The molecule has 1 aromatic rings. The zero-order chi connectivity index (χ0) is 15.6. The van der Waals surface area contributed by atoms with Crippen LogP contribution in [0.15, 0.2) is 47.6 Å². The van der Waals surface area contributed by atoms with Gasteiger partial charge in [-0.2, -0.15) is 0 Å². The number of allylic oxidation sites excluding steroid dienone is 4. The Morgan fingerprint density at radius 2 is 1.64 bits per heavy atom. The van der Waals surface area contributed by atoms with Gasteiger partial charge in [-0.1, -0.05) is 29.4 Å². The average molecular weight is 405 g/mol. The Kier molecular flexibility index (Phi) is 3.08. The van der Waals surface area contributed by atoms with E-state index in [1.807, 2.05) is 24.3 Å². The average Bonchev–Trinajstić information content (AvgIpc) is 3.09. The van der Waals surface area contributed by atoms with Gasteiger partial charge in [0.05, 0.1) is 17.5 Å². The van der Waals surface area contributed by atoms with Crippen molar-refractivity contribution in [3.8, 4) is 0 Å². The fraction of sp³-hybridized carbons (Fsp3) is 0.333. The van der Waals surface area contributed by atoms with Crippen LogP contribution in [0.4, 0.5) is 5.69 Å². The lowest BCUT2D eigenvalue weighted by molar-refractivity contribution is -0.122. The molecule has 1 saturated carbocycles. The number of benzene rings is 1. The van der Waals surface area contributed by atoms with Gasteiger partial charge in [0.2, 0.25) is 11.8 Å². The lowest BCUT2D eigenvalue weighted by Crippen LogP contribution is -2.33. The van der Waals surface area contributed by atoms with Crippen molar-refractivity contribution < 1.29 is 9.59 Å². The Labute approximate surface area is 143 Å². The summed E-state index contributed by atoms with van der Waals surface area (Å²) in [7, 11) is 0. The molecule has 3 nitrogen and oxygen atoms in total. The van der Waals surface area contributed by atoms with Gasteiger partial charge in [0.25, 0.3) is 0 Å². The largest absolute Gasteiger partial charge is 0.274 e. The second kappa shape index (κ2) is 4.78. The van der Waals surface area contributed by atoms with Gasteiger partial charge < -0.3 is 0 Å². The molecule has 22 heavy (non-hydrogen) atoms. The number of carbonyl (C=O) groups excluding carboxylic acids is 2. The standard InChI is InChI=1S/C18H16INO2/c1-9(2)14-12-6-7-13(14)16-15(12)17(21)20(18(16)22)11-5-3-4-10(19)8-11/h3-8,12-13,15-16H,1-2H3/t12-,13-,15+,16+/m1/s1. The predicted octanol–water partition coefficient (Wildman–Crippen LogP) is 3.55. The van der Waals surface area contributed by atoms with Gasteiger partial charge >= 0.3 is 0 Å². The van der Waals surface area contributed by atoms with Gasteiger partial charge in [0.1, 0.15) is 0 Å². The fourth-order valence-corrected chi connectivity index (χ4v) is 4.83. The molecule has 0 spiro atoms. The number of hydrogen-bond acceptors (Lipinski definition) is 2. The summed E-state index contributed by atoms with van der Waals surface area (Å²) in [6, 6.07) is 7.59. The molecule has 0 N–H and O–H groups in total. The van der Waals surface area contributed by atoms with Crippen molar-refractivity contribution in [2.24, 2.45) is 23.7 Å². The molecule has 4 heteroatoms. The minimum absolute atomic E-state index is 0.0346. The highest BCUT2D eigenvalue weighted by Gasteiger charge is 2.61. The van der Waals surface area contributed by atoms with Crippen molar-refractivity contribution in [1.29, 1.82) is 0 Å². The first-order valence-corrected chi connectivity index (χ1v) is 8.57. The molecule has 2 aliphatic carbocycles. The molecule has 3 aliphatic rings. The number of anilines is 1. The number of halogens is 1. The molecule has 1 saturated heterocycles. The highest BCUT2D eigenvalue weighted by Crippen LogP contribution is 2.57. The molecule has 0 unspecified atom stereocenters. The van der Waals surface area contributed by atoms with E-state index in [4.69, 9.17) is 0 Å². The summed E-state index contributed by atoms with van der Waals surface area (Å²) in [6.45, 7) is 4.16. The molecular formula is C18H16INO2. The third kappa shape index (κ3) is 1.73. The molecule has 4 atom stereocenters. The van der Waals surface area contributed by atoms with Crippen molar-refractivity contribution >= 4 is 40.1 Å². The van der Waals surface area contributed by atoms with E-state index in [1.54, 1.807) is 0 Å². The van der Waals surface area contributed by atoms with E-state index >= 15 is 0 Å². The monoisotopic (exact) mass is 405 g/mol. The number of amides is 2. The van der Waals surface area contributed by atoms with E-state index in [2.05, 4.69) is 48.6 Å². The zero-order valence-corrected chi connectivity index (χ0v) is 14.6. The number of carbonyl (C=O) groups is 2. The molecule has 1 aromatic carbocycles. The Morgan fingerprint density at radius 1 is 1.05 bits per heavy atom. The van der Waals surface area contributed by atoms with E-state index in [0.717, 1.165) is 3.57 Å². The smallest absolute Gasteiger partial charge is 0.238 e. The van der Waals surface area contributed by atoms with E-state index in [-0.39, 0.29) is 35.5 Å². The molecule has 0 aromatic heterocycles. The van der Waals surface area contributed by atoms with Gasteiger partial charge in [0.15, 0.2) is 0 Å². The Morgan fingerprint density at radius 3 is 2.14 bits per heavy atom. The highest BCUT2D eigenvalue weighted by molar-refractivity contribution is 14.1. The summed E-state index contributed by atoms with van der Waals surface area (Å²) >= 11 is 2.20. The molecule has 4 rings (SSSR count). The SMILES string of the molecule is CC(C)=C1[C@H]2C=C[C@H]1[C@@H]1C(=O)N(c3cccc(I)c3)C(=O)[C@H]12. The topological polar surface area (TPSA) is 37.4 Å². The first-order valence-electron chi connectivity index (χ1n) is 7.49. The van der Waals surface area contributed by atoms with Crippen LogP contribution in [-0.2, 0) is 9.59 Å². The van der Waals surface area contributed by atoms with Gasteiger partial charge in [-0.05, 0) is 54.6 Å². The van der Waals surface area contributed by atoms with Crippen molar-refractivity contribution in [1.82, 2.24) is 0 Å².